The van der Waals surface area contributed by atoms with Crippen LogP contribution in [-0.4, -0.2) is 44.4 Å². The lowest BCUT2D eigenvalue weighted by molar-refractivity contribution is 0.0992. The minimum Gasteiger partial charge on any atom is -0.313 e. The van der Waals surface area contributed by atoms with Crippen molar-refractivity contribution in [3.8, 4) is 0 Å². The number of benzene rings is 1. The average molecular weight is 260 g/mol. The molecule has 0 bridgehead atoms. The van der Waals surface area contributed by atoms with Gasteiger partial charge in [-0.2, -0.15) is 0 Å². The Morgan fingerprint density at radius 1 is 1.32 bits per heavy atom. The highest BCUT2D eigenvalue weighted by molar-refractivity contribution is 5.99. The van der Waals surface area contributed by atoms with E-state index < -0.39 is 0 Å². The van der Waals surface area contributed by atoms with Crippen LogP contribution < -0.4 is 5.32 Å². The number of likely N-dealkylation sites (N-methyl/N-ethyl adjacent to an activating group) is 1. The highest BCUT2D eigenvalue weighted by atomic mass is 16.1. The van der Waals surface area contributed by atoms with Gasteiger partial charge in [-0.05, 0) is 57.9 Å². The van der Waals surface area contributed by atoms with Gasteiger partial charge in [-0.3, -0.25) is 4.79 Å². The molecular weight excluding hydrogens is 236 g/mol. The van der Waals surface area contributed by atoms with Crippen LogP contribution in [0.2, 0.25) is 0 Å². The maximum atomic E-state index is 12.2. The first-order valence-corrected chi connectivity index (χ1v) is 7.17. The molecule has 1 heterocycles. The average Bonchev–Trinajstić information content (AvgIpc) is 2.64. The van der Waals surface area contributed by atoms with E-state index in [0.29, 0.717) is 12.5 Å². The Morgan fingerprint density at radius 2 is 2.11 bits per heavy atom. The largest absolute Gasteiger partial charge is 0.313 e. The molecule has 1 aromatic rings. The molecular formula is C16H24N2O. The Labute approximate surface area is 116 Å². The normalized spacial score (nSPS) is 21.1. The third-order valence-corrected chi connectivity index (χ3v) is 3.99. The van der Waals surface area contributed by atoms with Crippen LogP contribution in [0.4, 0.5) is 0 Å². The van der Waals surface area contributed by atoms with Gasteiger partial charge in [0.2, 0.25) is 0 Å². The van der Waals surface area contributed by atoms with Gasteiger partial charge in [0.1, 0.15) is 0 Å². The molecule has 1 aliphatic heterocycles. The van der Waals surface area contributed by atoms with Gasteiger partial charge in [-0.1, -0.05) is 24.3 Å². The second-order valence-electron chi connectivity index (χ2n) is 5.47. The number of Topliss-reactive ketones (excluding diaryl/α,β-unsaturated/α-hetero) is 1. The number of ketones is 1. The third kappa shape index (κ3) is 3.64. The Hall–Kier alpha value is -1.19. The number of likely N-dealkylation sites (tertiary alicyclic amines) is 1. The van der Waals surface area contributed by atoms with E-state index in [0.717, 1.165) is 18.5 Å². The van der Waals surface area contributed by atoms with Crippen molar-refractivity contribution >= 4 is 5.78 Å². The highest BCUT2D eigenvalue weighted by Crippen LogP contribution is 2.30. The molecule has 0 saturated carbocycles. The van der Waals surface area contributed by atoms with Gasteiger partial charge in [0.25, 0.3) is 0 Å². The second-order valence-corrected chi connectivity index (χ2v) is 5.47. The summed E-state index contributed by atoms with van der Waals surface area (Å²) < 4.78 is 0. The molecule has 1 aliphatic rings. The molecule has 1 aromatic carbocycles. The van der Waals surface area contributed by atoms with E-state index >= 15 is 0 Å². The quantitative estimate of drug-likeness (QED) is 0.843. The van der Waals surface area contributed by atoms with E-state index in [9.17, 15) is 4.79 Å². The molecule has 104 valence electrons. The second kappa shape index (κ2) is 6.83. The Morgan fingerprint density at radius 3 is 2.89 bits per heavy atom. The van der Waals surface area contributed by atoms with Crippen LogP contribution >= 0.6 is 0 Å². The van der Waals surface area contributed by atoms with Crippen LogP contribution in [0.1, 0.15) is 41.1 Å². The molecule has 3 nitrogen and oxygen atoms in total. The monoisotopic (exact) mass is 260 g/mol. The van der Waals surface area contributed by atoms with Gasteiger partial charge < -0.3 is 10.2 Å². The number of nitrogens with one attached hydrogen (secondary N) is 1. The van der Waals surface area contributed by atoms with Crippen molar-refractivity contribution in [1.82, 2.24) is 10.2 Å². The minimum absolute atomic E-state index is 0.204. The molecule has 0 amide bonds. The molecule has 1 N–H and O–H groups in total. The van der Waals surface area contributed by atoms with Crippen molar-refractivity contribution in [3.63, 3.8) is 0 Å². The fourth-order valence-electron chi connectivity index (χ4n) is 2.91. The topological polar surface area (TPSA) is 32.3 Å². The molecule has 1 atom stereocenters. The molecule has 1 saturated heterocycles. The molecule has 0 spiro atoms. The first-order valence-electron chi connectivity index (χ1n) is 7.17. The molecule has 2 rings (SSSR count). The van der Waals surface area contributed by atoms with E-state index in [1.54, 1.807) is 0 Å². The van der Waals surface area contributed by atoms with Crippen LogP contribution in [-0.2, 0) is 0 Å². The minimum atomic E-state index is 0.204. The van der Waals surface area contributed by atoms with Crippen LogP contribution in [0.15, 0.2) is 24.3 Å². The number of nitrogens with zero attached hydrogens (tertiary/aromatic N) is 1. The lowest BCUT2D eigenvalue weighted by atomic mass is 9.87. The molecule has 1 unspecified atom stereocenters. The maximum Gasteiger partial charge on any atom is 0.176 e. The summed E-state index contributed by atoms with van der Waals surface area (Å²) in [5.74, 6) is 0.734. The third-order valence-electron chi connectivity index (χ3n) is 3.99. The van der Waals surface area contributed by atoms with E-state index in [4.69, 9.17) is 0 Å². The van der Waals surface area contributed by atoms with Crippen LogP contribution in [0.3, 0.4) is 0 Å². The summed E-state index contributed by atoms with van der Waals surface area (Å²) in [4.78, 5) is 14.6. The van der Waals surface area contributed by atoms with Crippen molar-refractivity contribution < 1.29 is 4.79 Å². The lowest BCUT2D eigenvalue weighted by Crippen LogP contribution is -2.21. The smallest absolute Gasteiger partial charge is 0.176 e. The van der Waals surface area contributed by atoms with Gasteiger partial charge in [-0.25, -0.2) is 0 Å². The standard InChI is InChI=1S/C16H24N2O/c1-17-12-16(19)15-8-4-3-7-14(15)13-6-5-10-18(2)11-9-13/h3-4,7-8,13,17H,5-6,9-12H2,1-2H3. The summed E-state index contributed by atoms with van der Waals surface area (Å²) in [6.45, 7) is 2.71. The van der Waals surface area contributed by atoms with E-state index in [-0.39, 0.29) is 5.78 Å². The summed E-state index contributed by atoms with van der Waals surface area (Å²) in [5, 5.41) is 2.96. The van der Waals surface area contributed by atoms with Crippen LogP contribution in [0, 0.1) is 0 Å². The van der Waals surface area contributed by atoms with Crippen molar-refractivity contribution in [2.45, 2.75) is 25.2 Å². The summed E-state index contributed by atoms with van der Waals surface area (Å²) >= 11 is 0. The highest BCUT2D eigenvalue weighted by Gasteiger charge is 2.21. The fourth-order valence-corrected chi connectivity index (χ4v) is 2.91. The zero-order valence-electron chi connectivity index (χ0n) is 12.0. The zero-order valence-corrected chi connectivity index (χ0v) is 12.0. The van der Waals surface area contributed by atoms with E-state index in [2.05, 4.69) is 29.4 Å². The number of hydrogen-bond donors (Lipinski definition) is 1. The summed E-state index contributed by atoms with van der Waals surface area (Å²) in [6, 6.07) is 8.14. The molecule has 0 aromatic heterocycles. The Bertz CT molecular complexity index is 431. The SMILES string of the molecule is CNCC(=O)c1ccccc1C1CCCN(C)CC1. The van der Waals surface area contributed by atoms with Crippen molar-refractivity contribution in [3.05, 3.63) is 35.4 Å². The van der Waals surface area contributed by atoms with Crippen LogP contribution in [0.5, 0.6) is 0 Å². The molecule has 3 heteroatoms. The summed E-state index contributed by atoms with van der Waals surface area (Å²) in [5.41, 5.74) is 2.16. The van der Waals surface area contributed by atoms with Crippen molar-refractivity contribution in [1.29, 1.82) is 0 Å². The van der Waals surface area contributed by atoms with Crippen molar-refractivity contribution in [2.24, 2.45) is 0 Å². The predicted octanol–water partition coefficient (Wildman–Crippen LogP) is 2.29. The van der Waals surface area contributed by atoms with Gasteiger partial charge in [0.15, 0.2) is 5.78 Å². The van der Waals surface area contributed by atoms with Crippen LogP contribution in [0.25, 0.3) is 0 Å². The molecule has 0 aliphatic carbocycles. The Balaban J connectivity index is 2.21. The Kier molecular flexibility index (Phi) is 5.11. The summed E-state index contributed by atoms with van der Waals surface area (Å²) in [7, 11) is 4.00. The molecule has 0 radical (unpaired) electrons. The van der Waals surface area contributed by atoms with E-state index in [1.807, 2.05) is 19.2 Å². The fraction of sp³-hybridized carbons (Fsp3) is 0.562. The van der Waals surface area contributed by atoms with Crippen molar-refractivity contribution in [2.75, 3.05) is 33.7 Å². The number of rotatable bonds is 4. The van der Waals surface area contributed by atoms with Gasteiger partial charge in [0.05, 0.1) is 6.54 Å². The predicted molar refractivity (Wildman–Crippen MR) is 78.8 cm³/mol. The number of hydrogen-bond acceptors (Lipinski definition) is 3. The van der Waals surface area contributed by atoms with Gasteiger partial charge in [0, 0.05) is 5.56 Å². The van der Waals surface area contributed by atoms with E-state index in [1.165, 1.54) is 24.9 Å². The zero-order chi connectivity index (χ0) is 13.7. The summed E-state index contributed by atoms with van der Waals surface area (Å²) in [6.07, 6.45) is 3.56. The van der Waals surface area contributed by atoms with Gasteiger partial charge >= 0.3 is 0 Å². The molecule has 19 heavy (non-hydrogen) atoms. The first kappa shape index (κ1) is 14.2. The lowest BCUT2D eigenvalue weighted by Gasteiger charge is -2.18. The van der Waals surface area contributed by atoms with Gasteiger partial charge in [-0.15, -0.1) is 0 Å². The number of carbonyl (C=O) groups is 1. The first-order chi connectivity index (χ1) is 9.22. The maximum absolute atomic E-state index is 12.2. The number of carbonyl (C=O) groups excluding carboxylic acids is 1. The molecule has 1 fully saturated rings.